The number of imide groups is 1. The van der Waals surface area contributed by atoms with E-state index in [9.17, 15) is 14.0 Å². The van der Waals surface area contributed by atoms with Gasteiger partial charge in [-0.15, -0.1) is 0 Å². The zero-order valence-electron chi connectivity index (χ0n) is 16.9. The van der Waals surface area contributed by atoms with Crippen molar-refractivity contribution in [2.45, 2.75) is 13.2 Å². The molecule has 0 bridgehead atoms. The third-order valence-corrected chi connectivity index (χ3v) is 6.53. The summed E-state index contributed by atoms with van der Waals surface area (Å²) < 4.78 is 20.1. The van der Waals surface area contributed by atoms with E-state index in [0.717, 1.165) is 22.2 Å². The zero-order valence-corrected chi connectivity index (χ0v) is 19.9. The Morgan fingerprint density at radius 1 is 0.970 bits per heavy atom. The second-order valence-electron chi connectivity index (χ2n) is 7.07. The number of hydrogen-bond acceptors (Lipinski definition) is 4. The van der Waals surface area contributed by atoms with Gasteiger partial charge in [-0.1, -0.05) is 53.0 Å². The first kappa shape index (κ1) is 23.6. The van der Waals surface area contributed by atoms with Gasteiger partial charge in [0.1, 0.15) is 18.2 Å². The highest BCUT2D eigenvalue weighted by atomic mass is 35.5. The van der Waals surface area contributed by atoms with E-state index < -0.39 is 17.0 Å². The number of carbonyl (C=O) groups is 2. The lowest BCUT2D eigenvalue weighted by molar-refractivity contribution is -0.123. The Morgan fingerprint density at radius 3 is 2.48 bits per heavy atom. The first-order chi connectivity index (χ1) is 15.8. The second-order valence-corrected chi connectivity index (χ2v) is 9.34. The molecule has 3 aromatic carbocycles. The van der Waals surface area contributed by atoms with Crippen LogP contribution in [0.4, 0.5) is 9.18 Å². The monoisotopic (exact) mass is 521 g/mol. The molecule has 9 heteroatoms. The molecule has 2 amide bonds. The van der Waals surface area contributed by atoms with Crippen molar-refractivity contribution in [1.29, 1.82) is 0 Å². The van der Waals surface area contributed by atoms with Crippen LogP contribution in [0.1, 0.15) is 16.7 Å². The van der Waals surface area contributed by atoms with Crippen molar-refractivity contribution in [3.05, 3.63) is 103 Å². The van der Waals surface area contributed by atoms with E-state index in [4.69, 9.17) is 39.5 Å². The number of benzene rings is 3. The molecule has 0 radical (unpaired) electrons. The van der Waals surface area contributed by atoms with E-state index in [1.807, 2.05) is 12.1 Å². The first-order valence-electron chi connectivity index (χ1n) is 9.67. The highest BCUT2D eigenvalue weighted by Gasteiger charge is 2.36. The van der Waals surface area contributed by atoms with Crippen LogP contribution in [-0.4, -0.2) is 16.0 Å². The molecule has 4 nitrogen and oxygen atoms in total. The number of hydrogen-bond donors (Lipinski definition) is 0. The molecule has 4 rings (SSSR count). The lowest BCUT2D eigenvalue weighted by Crippen LogP contribution is -2.28. The third kappa shape index (κ3) is 5.53. The Hall–Kier alpha value is -2.51. The molecule has 0 aromatic heterocycles. The molecule has 1 saturated heterocycles. The fourth-order valence-corrected chi connectivity index (χ4v) is 4.62. The Bertz CT molecular complexity index is 1260. The van der Waals surface area contributed by atoms with Gasteiger partial charge in [-0.25, -0.2) is 4.39 Å². The summed E-state index contributed by atoms with van der Waals surface area (Å²) in [5, 5.41) is 0.656. The van der Waals surface area contributed by atoms with Crippen LogP contribution in [-0.2, 0) is 17.9 Å². The van der Waals surface area contributed by atoms with Crippen LogP contribution in [0, 0.1) is 5.82 Å². The predicted molar refractivity (Wildman–Crippen MR) is 130 cm³/mol. The predicted octanol–water partition coefficient (Wildman–Crippen LogP) is 7.60. The van der Waals surface area contributed by atoms with Crippen LogP contribution < -0.4 is 4.74 Å². The molecule has 1 fully saturated rings. The largest absolute Gasteiger partial charge is 0.488 e. The minimum Gasteiger partial charge on any atom is -0.488 e. The maximum absolute atomic E-state index is 14.2. The summed E-state index contributed by atoms with van der Waals surface area (Å²) in [6, 6.07) is 16.4. The van der Waals surface area contributed by atoms with Crippen LogP contribution >= 0.6 is 46.6 Å². The van der Waals surface area contributed by atoms with E-state index in [-0.39, 0.29) is 28.6 Å². The van der Waals surface area contributed by atoms with E-state index >= 15 is 0 Å². The number of ether oxygens (including phenoxy) is 1. The summed E-state index contributed by atoms with van der Waals surface area (Å²) in [6.45, 7) is -0.0164. The van der Waals surface area contributed by atoms with Crippen LogP contribution in [0.5, 0.6) is 5.75 Å². The lowest BCUT2D eigenvalue weighted by Gasteiger charge is -2.14. The highest BCUT2D eigenvalue weighted by molar-refractivity contribution is 8.18. The number of thioether (sulfide) groups is 1. The van der Waals surface area contributed by atoms with Gasteiger partial charge in [0.2, 0.25) is 0 Å². The molecule has 3 aromatic rings. The average molecular weight is 523 g/mol. The number of rotatable bonds is 6. The topological polar surface area (TPSA) is 46.6 Å². The van der Waals surface area contributed by atoms with Gasteiger partial charge in [-0.05, 0) is 65.9 Å². The van der Waals surface area contributed by atoms with Crippen molar-refractivity contribution in [3.8, 4) is 5.75 Å². The van der Waals surface area contributed by atoms with Crippen LogP contribution in [0.25, 0.3) is 6.08 Å². The Kier molecular flexibility index (Phi) is 7.29. The number of amides is 2. The summed E-state index contributed by atoms with van der Waals surface area (Å²) in [7, 11) is 0. The van der Waals surface area contributed by atoms with Gasteiger partial charge in [-0.2, -0.15) is 0 Å². The van der Waals surface area contributed by atoms with Gasteiger partial charge in [0.05, 0.1) is 11.4 Å². The number of halogens is 4. The minimum atomic E-state index is -0.586. The minimum absolute atomic E-state index is 0.0796. The quantitative estimate of drug-likeness (QED) is 0.313. The molecule has 0 unspecified atom stereocenters. The maximum Gasteiger partial charge on any atom is 0.293 e. The summed E-state index contributed by atoms with van der Waals surface area (Å²) in [6.07, 6.45) is 1.53. The van der Waals surface area contributed by atoms with E-state index in [1.165, 1.54) is 24.3 Å². The molecule has 0 N–H and O–H groups in total. The highest BCUT2D eigenvalue weighted by Crippen LogP contribution is 2.36. The summed E-state index contributed by atoms with van der Waals surface area (Å²) >= 11 is 19.0. The van der Waals surface area contributed by atoms with E-state index in [0.29, 0.717) is 21.4 Å². The van der Waals surface area contributed by atoms with E-state index in [2.05, 4.69) is 0 Å². The number of carbonyl (C=O) groups excluding carboxylic acids is 2. The molecular weight excluding hydrogens is 508 g/mol. The smallest absolute Gasteiger partial charge is 0.293 e. The average Bonchev–Trinajstić information content (AvgIpc) is 3.03. The van der Waals surface area contributed by atoms with Crippen LogP contribution in [0.15, 0.2) is 65.6 Å². The summed E-state index contributed by atoms with van der Waals surface area (Å²) in [5.41, 5.74) is 1.47. The summed E-state index contributed by atoms with van der Waals surface area (Å²) in [5.74, 6) is -0.662. The maximum atomic E-state index is 14.2. The molecule has 33 heavy (non-hydrogen) atoms. The lowest BCUT2D eigenvalue weighted by atomic mass is 10.1. The van der Waals surface area contributed by atoms with E-state index in [1.54, 1.807) is 30.3 Å². The molecule has 0 saturated carbocycles. The molecule has 1 aliphatic heterocycles. The fourth-order valence-electron chi connectivity index (χ4n) is 3.17. The van der Waals surface area contributed by atoms with Gasteiger partial charge in [-0.3, -0.25) is 14.5 Å². The van der Waals surface area contributed by atoms with Crippen molar-refractivity contribution >= 4 is 63.8 Å². The van der Waals surface area contributed by atoms with Crippen molar-refractivity contribution in [3.63, 3.8) is 0 Å². The Balaban J connectivity index is 1.58. The van der Waals surface area contributed by atoms with Crippen molar-refractivity contribution in [2.24, 2.45) is 0 Å². The normalized spacial score (nSPS) is 14.9. The van der Waals surface area contributed by atoms with Crippen LogP contribution in [0.3, 0.4) is 0 Å². The van der Waals surface area contributed by atoms with Crippen molar-refractivity contribution in [2.75, 3.05) is 0 Å². The molecule has 0 spiro atoms. The molecule has 1 aliphatic rings. The fraction of sp³-hybridized carbons (Fsp3) is 0.0833. The molecule has 0 atom stereocenters. The molecule has 1 heterocycles. The Morgan fingerprint density at radius 2 is 1.73 bits per heavy atom. The first-order valence-corrected chi connectivity index (χ1v) is 11.6. The van der Waals surface area contributed by atoms with Gasteiger partial charge in [0.25, 0.3) is 11.1 Å². The van der Waals surface area contributed by atoms with Crippen molar-refractivity contribution < 1.29 is 18.7 Å². The molecule has 0 aliphatic carbocycles. The molecule has 168 valence electrons. The Labute approximate surface area is 208 Å². The second kappa shape index (κ2) is 10.2. The van der Waals surface area contributed by atoms with Gasteiger partial charge in [0.15, 0.2) is 0 Å². The van der Waals surface area contributed by atoms with Gasteiger partial charge >= 0.3 is 0 Å². The van der Waals surface area contributed by atoms with Gasteiger partial charge in [0, 0.05) is 26.2 Å². The summed E-state index contributed by atoms with van der Waals surface area (Å²) in [4.78, 5) is 26.5. The standard InChI is InChI=1S/C24H15Cl3FNO3S/c25-16-4-1-3-14(9-16)13-32-21-8-7-17(26)10-15(21)11-22-23(30)29(24(31)33-22)12-18-19(27)5-2-6-20(18)28/h1-11H,12-13H2/b22-11-. The van der Waals surface area contributed by atoms with Gasteiger partial charge < -0.3 is 4.74 Å². The zero-order chi connectivity index (χ0) is 23.5. The third-order valence-electron chi connectivity index (χ3n) is 4.79. The number of nitrogens with zero attached hydrogens (tertiary/aromatic N) is 1. The van der Waals surface area contributed by atoms with Crippen LogP contribution in [0.2, 0.25) is 15.1 Å². The molecular formula is C24H15Cl3FNO3S. The SMILES string of the molecule is O=C1S/C(=C\c2cc(Cl)ccc2OCc2cccc(Cl)c2)C(=O)N1Cc1c(F)cccc1Cl. The van der Waals surface area contributed by atoms with Crippen molar-refractivity contribution in [1.82, 2.24) is 4.90 Å².